The molecule has 0 bridgehead atoms. The van der Waals surface area contributed by atoms with Crippen LogP contribution in [0.2, 0.25) is 0 Å². The molecule has 106 valence electrons. The third-order valence-corrected chi connectivity index (χ3v) is 5.08. The van der Waals surface area contributed by atoms with Crippen LogP contribution in [0.3, 0.4) is 0 Å². The van der Waals surface area contributed by atoms with Crippen LogP contribution >= 0.6 is 15.9 Å². The number of benzene rings is 1. The number of nitrogens with zero attached hydrogens (tertiary/aromatic N) is 1. The van der Waals surface area contributed by atoms with Crippen LogP contribution in [0, 0.1) is 5.92 Å². The van der Waals surface area contributed by atoms with Gasteiger partial charge in [-0.2, -0.15) is 0 Å². The van der Waals surface area contributed by atoms with Crippen LogP contribution < -0.4 is 10.6 Å². The molecule has 1 saturated carbocycles. The summed E-state index contributed by atoms with van der Waals surface area (Å²) >= 11 is 3.57. The van der Waals surface area contributed by atoms with Crippen molar-refractivity contribution in [2.75, 3.05) is 11.9 Å². The molecule has 1 fully saturated rings. The maximum absolute atomic E-state index is 5.87. The highest BCUT2D eigenvalue weighted by molar-refractivity contribution is 9.10. The molecule has 0 atom stereocenters. The SMILES string of the molecule is CCC1CCC(N(C)c2cc(Br)ccc2CN)CC1. The molecule has 1 aromatic rings. The Morgan fingerprint density at radius 3 is 2.53 bits per heavy atom. The van der Waals surface area contributed by atoms with Crippen molar-refractivity contribution >= 4 is 21.6 Å². The van der Waals surface area contributed by atoms with Crippen LogP contribution in [-0.2, 0) is 6.54 Å². The van der Waals surface area contributed by atoms with Crippen LogP contribution in [0.4, 0.5) is 5.69 Å². The molecule has 2 N–H and O–H groups in total. The summed E-state index contributed by atoms with van der Waals surface area (Å²) < 4.78 is 1.13. The predicted molar refractivity (Wildman–Crippen MR) is 86.5 cm³/mol. The summed E-state index contributed by atoms with van der Waals surface area (Å²) in [7, 11) is 2.22. The van der Waals surface area contributed by atoms with Gasteiger partial charge in [0.05, 0.1) is 0 Å². The first-order chi connectivity index (χ1) is 9.15. The van der Waals surface area contributed by atoms with E-state index in [1.807, 2.05) is 0 Å². The number of anilines is 1. The lowest BCUT2D eigenvalue weighted by Gasteiger charge is -2.36. The predicted octanol–water partition coefficient (Wildman–Crippen LogP) is 4.31. The summed E-state index contributed by atoms with van der Waals surface area (Å²) in [5.74, 6) is 0.945. The number of rotatable bonds is 4. The molecule has 0 radical (unpaired) electrons. The first-order valence-corrected chi connectivity index (χ1v) is 8.16. The molecule has 0 aromatic heterocycles. The molecule has 1 aliphatic rings. The second-order valence-electron chi connectivity index (χ2n) is 5.67. The summed E-state index contributed by atoms with van der Waals surface area (Å²) in [5.41, 5.74) is 8.40. The second kappa shape index (κ2) is 6.76. The van der Waals surface area contributed by atoms with E-state index in [4.69, 9.17) is 5.73 Å². The molecule has 2 nitrogen and oxygen atoms in total. The molecule has 2 rings (SSSR count). The highest BCUT2D eigenvalue weighted by Crippen LogP contribution is 2.33. The Hall–Kier alpha value is -0.540. The molecule has 1 aromatic carbocycles. The zero-order valence-corrected chi connectivity index (χ0v) is 13.6. The smallest absolute Gasteiger partial charge is 0.0422 e. The van der Waals surface area contributed by atoms with Crippen molar-refractivity contribution in [2.24, 2.45) is 11.7 Å². The quantitative estimate of drug-likeness (QED) is 0.894. The highest BCUT2D eigenvalue weighted by atomic mass is 79.9. The second-order valence-corrected chi connectivity index (χ2v) is 6.59. The maximum atomic E-state index is 5.87. The summed E-state index contributed by atoms with van der Waals surface area (Å²) in [4.78, 5) is 2.44. The Labute approximate surface area is 125 Å². The van der Waals surface area contributed by atoms with E-state index in [0.29, 0.717) is 12.6 Å². The first-order valence-electron chi connectivity index (χ1n) is 7.37. The normalized spacial score (nSPS) is 23.4. The van der Waals surface area contributed by atoms with Gasteiger partial charge in [-0.05, 0) is 49.3 Å². The van der Waals surface area contributed by atoms with Gasteiger partial charge in [0.25, 0.3) is 0 Å². The standard InChI is InChI=1S/C16H25BrN2/c1-3-12-4-8-15(9-5-12)19(2)16-10-14(17)7-6-13(16)11-18/h6-7,10,12,15H,3-5,8-9,11,18H2,1-2H3. The van der Waals surface area contributed by atoms with Crippen molar-refractivity contribution in [3.8, 4) is 0 Å². The van der Waals surface area contributed by atoms with Gasteiger partial charge in [-0.1, -0.05) is 35.3 Å². The van der Waals surface area contributed by atoms with E-state index in [1.165, 1.54) is 43.4 Å². The fraction of sp³-hybridized carbons (Fsp3) is 0.625. The Morgan fingerprint density at radius 1 is 1.26 bits per heavy atom. The Kier molecular flexibility index (Phi) is 5.28. The van der Waals surface area contributed by atoms with Gasteiger partial charge >= 0.3 is 0 Å². The van der Waals surface area contributed by atoms with Crippen molar-refractivity contribution in [1.82, 2.24) is 0 Å². The fourth-order valence-corrected chi connectivity index (χ4v) is 3.52. The highest BCUT2D eigenvalue weighted by Gasteiger charge is 2.24. The topological polar surface area (TPSA) is 29.3 Å². The van der Waals surface area contributed by atoms with Crippen LogP contribution in [-0.4, -0.2) is 13.1 Å². The van der Waals surface area contributed by atoms with E-state index < -0.39 is 0 Å². The van der Waals surface area contributed by atoms with E-state index in [2.05, 4.69) is 53.0 Å². The third-order valence-electron chi connectivity index (χ3n) is 4.59. The van der Waals surface area contributed by atoms with E-state index in [9.17, 15) is 0 Å². The minimum atomic E-state index is 0.608. The van der Waals surface area contributed by atoms with Gasteiger partial charge in [0.1, 0.15) is 0 Å². The van der Waals surface area contributed by atoms with Crippen molar-refractivity contribution in [1.29, 1.82) is 0 Å². The number of halogens is 1. The third kappa shape index (κ3) is 3.51. The molecule has 0 aliphatic heterocycles. The minimum absolute atomic E-state index is 0.608. The number of hydrogen-bond acceptors (Lipinski definition) is 2. The van der Waals surface area contributed by atoms with E-state index >= 15 is 0 Å². The summed E-state index contributed by atoms with van der Waals surface area (Å²) in [6, 6.07) is 7.08. The fourth-order valence-electron chi connectivity index (χ4n) is 3.18. The van der Waals surface area contributed by atoms with E-state index in [0.717, 1.165) is 10.4 Å². The lowest BCUT2D eigenvalue weighted by molar-refractivity contribution is 0.313. The van der Waals surface area contributed by atoms with Crippen LogP contribution in [0.25, 0.3) is 0 Å². The van der Waals surface area contributed by atoms with Crippen molar-refractivity contribution < 1.29 is 0 Å². The van der Waals surface area contributed by atoms with Crippen molar-refractivity contribution in [2.45, 2.75) is 51.6 Å². The van der Waals surface area contributed by atoms with Crippen LogP contribution in [0.1, 0.15) is 44.6 Å². The Balaban J connectivity index is 2.11. The van der Waals surface area contributed by atoms with Crippen molar-refractivity contribution in [3.05, 3.63) is 28.2 Å². The molecular weight excluding hydrogens is 300 g/mol. The van der Waals surface area contributed by atoms with Gasteiger partial charge in [0.2, 0.25) is 0 Å². The monoisotopic (exact) mass is 324 g/mol. The molecule has 0 amide bonds. The molecule has 3 heteroatoms. The lowest BCUT2D eigenvalue weighted by Crippen LogP contribution is -2.35. The van der Waals surface area contributed by atoms with Crippen LogP contribution in [0.5, 0.6) is 0 Å². The molecule has 0 spiro atoms. The molecule has 0 heterocycles. The van der Waals surface area contributed by atoms with E-state index in [-0.39, 0.29) is 0 Å². The molecule has 19 heavy (non-hydrogen) atoms. The Bertz CT molecular complexity index is 411. The summed E-state index contributed by atoms with van der Waals surface area (Å²) in [6.07, 6.45) is 6.70. The van der Waals surface area contributed by atoms with Gasteiger partial charge in [-0.25, -0.2) is 0 Å². The maximum Gasteiger partial charge on any atom is 0.0422 e. The summed E-state index contributed by atoms with van der Waals surface area (Å²) in [6.45, 7) is 2.92. The van der Waals surface area contributed by atoms with Gasteiger partial charge in [-0.3, -0.25) is 0 Å². The molecule has 0 unspecified atom stereocenters. The zero-order chi connectivity index (χ0) is 13.8. The Morgan fingerprint density at radius 2 is 1.95 bits per heavy atom. The zero-order valence-electron chi connectivity index (χ0n) is 12.0. The van der Waals surface area contributed by atoms with Gasteiger partial charge in [-0.15, -0.1) is 0 Å². The lowest BCUT2D eigenvalue weighted by atomic mass is 9.84. The van der Waals surface area contributed by atoms with Gasteiger partial charge < -0.3 is 10.6 Å². The molecular formula is C16H25BrN2. The van der Waals surface area contributed by atoms with Gasteiger partial charge in [0.15, 0.2) is 0 Å². The average Bonchev–Trinajstić information content (AvgIpc) is 2.46. The number of hydrogen-bond donors (Lipinski definition) is 1. The minimum Gasteiger partial charge on any atom is -0.371 e. The average molecular weight is 325 g/mol. The van der Waals surface area contributed by atoms with Gasteiger partial charge in [0, 0.05) is 29.8 Å². The van der Waals surface area contributed by atoms with E-state index in [1.54, 1.807) is 0 Å². The van der Waals surface area contributed by atoms with Crippen LogP contribution in [0.15, 0.2) is 22.7 Å². The number of nitrogens with two attached hydrogens (primary N) is 1. The van der Waals surface area contributed by atoms with Crippen molar-refractivity contribution in [3.63, 3.8) is 0 Å². The largest absolute Gasteiger partial charge is 0.371 e. The molecule has 0 saturated heterocycles. The first kappa shape index (κ1) is 14.9. The summed E-state index contributed by atoms with van der Waals surface area (Å²) in [5, 5.41) is 0. The molecule has 1 aliphatic carbocycles.